The lowest BCUT2D eigenvalue weighted by atomic mass is 9.73. The number of carbonyl (C=O) groups excluding carboxylic acids is 2. The molecule has 0 spiro atoms. The Morgan fingerprint density at radius 1 is 1.13 bits per heavy atom. The largest absolute Gasteiger partial charge is 0.375 e. The third-order valence-corrected chi connectivity index (χ3v) is 5.74. The first kappa shape index (κ1) is 22.0. The Morgan fingerprint density at radius 2 is 1.83 bits per heavy atom. The summed E-state index contributed by atoms with van der Waals surface area (Å²) in [5, 5.41) is 0. The van der Waals surface area contributed by atoms with Crippen LogP contribution in [0.4, 0.5) is 4.39 Å². The van der Waals surface area contributed by atoms with Crippen LogP contribution in [-0.2, 0) is 20.7 Å². The standard InChI is InChI=1S/C24H29FN2O3/c1-26(2)23(29)24(13-6-14-27(17-24)22(28)16-30-3)15-18-9-11-19(12-10-18)20-7-4-5-8-21(20)25/h4-5,7-12H,6,13-17H2,1-3H3. The molecule has 160 valence electrons. The molecule has 2 aromatic rings. The minimum Gasteiger partial charge on any atom is -0.375 e. The molecule has 1 atom stereocenters. The third-order valence-electron chi connectivity index (χ3n) is 5.74. The number of ether oxygens (including phenoxy) is 1. The Labute approximate surface area is 177 Å². The number of hydrogen-bond donors (Lipinski definition) is 0. The summed E-state index contributed by atoms with van der Waals surface area (Å²) in [5.74, 6) is -0.331. The molecule has 1 heterocycles. The van der Waals surface area contributed by atoms with Crippen LogP contribution in [0.5, 0.6) is 0 Å². The van der Waals surface area contributed by atoms with E-state index in [0.717, 1.165) is 24.0 Å². The van der Waals surface area contributed by atoms with Gasteiger partial charge in [-0.25, -0.2) is 4.39 Å². The first-order chi connectivity index (χ1) is 14.4. The number of carbonyl (C=O) groups is 2. The highest BCUT2D eigenvalue weighted by Gasteiger charge is 2.44. The van der Waals surface area contributed by atoms with Crippen molar-refractivity contribution in [2.24, 2.45) is 5.41 Å². The molecule has 0 aromatic heterocycles. The van der Waals surface area contributed by atoms with Gasteiger partial charge >= 0.3 is 0 Å². The van der Waals surface area contributed by atoms with Crippen molar-refractivity contribution in [3.05, 3.63) is 59.9 Å². The Kier molecular flexibility index (Phi) is 6.87. The van der Waals surface area contributed by atoms with Crippen LogP contribution in [0.3, 0.4) is 0 Å². The van der Waals surface area contributed by atoms with Gasteiger partial charge in [-0.05, 0) is 36.5 Å². The Morgan fingerprint density at radius 3 is 2.47 bits per heavy atom. The zero-order chi connectivity index (χ0) is 21.7. The van der Waals surface area contributed by atoms with Gasteiger partial charge in [-0.1, -0.05) is 42.5 Å². The number of likely N-dealkylation sites (tertiary alicyclic amines) is 1. The second-order valence-electron chi connectivity index (χ2n) is 8.19. The molecule has 5 nitrogen and oxygen atoms in total. The molecule has 1 fully saturated rings. The average molecular weight is 413 g/mol. The van der Waals surface area contributed by atoms with Gasteiger partial charge in [0.2, 0.25) is 11.8 Å². The molecule has 0 N–H and O–H groups in total. The average Bonchev–Trinajstić information content (AvgIpc) is 2.74. The minimum atomic E-state index is -0.676. The predicted octanol–water partition coefficient (Wildman–Crippen LogP) is 3.38. The van der Waals surface area contributed by atoms with E-state index in [4.69, 9.17) is 4.74 Å². The highest BCUT2D eigenvalue weighted by molar-refractivity contribution is 5.85. The van der Waals surface area contributed by atoms with Crippen LogP contribution >= 0.6 is 0 Å². The van der Waals surface area contributed by atoms with E-state index in [1.54, 1.807) is 36.0 Å². The zero-order valence-corrected chi connectivity index (χ0v) is 17.9. The van der Waals surface area contributed by atoms with Gasteiger partial charge in [-0.2, -0.15) is 0 Å². The lowest BCUT2D eigenvalue weighted by Gasteiger charge is -2.43. The van der Waals surface area contributed by atoms with Crippen LogP contribution in [0.15, 0.2) is 48.5 Å². The van der Waals surface area contributed by atoms with Crippen molar-refractivity contribution < 1.29 is 18.7 Å². The van der Waals surface area contributed by atoms with Crippen molar-refractivity contribution in [2.45, 2.75) is 19.3 Å². The fourth-order valence-corrected chi connectivity index (χ4v) is 4.32. The Bertz CT molecular complexity index is 898. The quantitative estimate of drug-likeness (QED) is 0.731. The zero-order valence-electron chi connectivity index (χ0n) is 17.9. The molecule has 30 heavy (non-hydrogen) atoms. The van der Waals surface area contributed by atoms with E-state index in [1.165, 1.54) is 13.2 Å². The highest BCUT2D eigenvalue weighted by Crippen LogP contribution is 2.36. The number of hydrogen-bond acceptors (Lipinski definition) is 3. The number of methoxy groups -OCH3 is 1. The van der Waals surface area contributed by atoms with Crippen LogP contribution in [0.1, 0.15) is 18.4 Å². The molecule has 1 aliphatic heterocycles. The van der Waals surface area contributed by atoms with E-state index in [0.29, 0.717) is 25.1 Å². The lowest BCUT2D eigenvalue weighted by Crippen LogP contribution is -2.54. The summed E-state index contributed by atoms with van der Waals surface area (Å²) >= 11 is 0. The van der Waals surface area contributed by atoms with E-state index in [1.807, 2.05) is 30.3 Å². The molecule has 0 radical (unpaired) electrons. The van der Waals surface area contributed by atoms with Gasteiger partial charge in [-0.3, -0.25) is 9.59 Å². The van der Waals surface area contributed by atoms with Crippen molar-refractivity contribution in [2.75, 3.05) is 40.9 Å². The van der Waals surface area contributed by atoms with Gasteiger partial charge in [0.15, 0.2) is 0 Å². The smallest absolute Gasteiger partial charge is 0.248 e. The molecule has 0 saturated carbocycles. The van der Waals surface area contributed by atoms with Gasteiger partial charge in [0.25, 0.3) is 0 Å². The van der Waals surface area contributed by atoms with Gasteiger partial charge in [0.1, 0.15) is 12.4 Å². The van der Waals surface area contributed by atoms with Gasteiger partial charge < -0.3 is 14.5 Å². The summed E-state index contributed by atoms with van der Waals surface area (Å²) in [6.07, 6.45) is 2.01. The van der Waals surface area contributed by atoms with E-state index < -0.39 is 5.41 Å². The minimum absolute atomic E-state index is 0.0174. The molecule has 1 saturated heterocycles. The summed E-state index contributed by atoms with van der Waals surface area (Å²) in [6, 6.07) is 14.3. The molecule has 6 heteroatoms. The summed E-state index contributed by atoms with van der Waals surface area (Å²) in [5.41, 5.74) is 1.67. The van der Waals surface area contributed by atoms with Gasteiger partial charge in [0, 0.05) is 39.9 Å². The molecule has 1 unspecified atom stereocenters. The Balaban J connectivity index is 1.86. The van der Waals surface area contributed by atoms with E-state index >= 15 is 0 Å². The topological polar surface area (TPSA) is 49.9 Å². The first-order valence-electron chi connectivity index (χ1n) is 10.2. The van der Waals surface area contributed by atoms with Crippen molar-refractivity contribution in [3.63, 3.8) is 0 Å². The number of piperidine rings is 1. The SMILES string of the molecule is COCC(=O)N1CCCC(Cc2ccc(-c3ccccc3F)cc2)(C(=O)N(C)C)C1. The number of halogens is 1. The fourth-order valence-electron chi connectivity index (χ4n) is 4.32. The number of rotatable bonds is 6. The van der Waals surface area contributed by atoms with Crippen molar-refractivity contribution in [1.29, 1.82) is 0 Å². The van der Waals surface area contributed by atoms with Gasteiger partial charge in [0.05, 0.1) is 5.41 Å². The molecule has 2 amide bonds. The summed E-state index contributed by atoms with van der Waals surface area (Å²) in [4.78, 5) is 28.9. The first-order valence-corrected chi connectivity index (χ1v) is 10.2. The molecule has 0 aliphatic carbocycles. The normalized spacial score (nSPS) is 18.9. The molecule has 0 bridgehead atoms. The molecule has 2 aromatic carbocycles. The van der Waals surface area contributed by atoms with E-state index in [9.17, 15) is 14.0 Å². The fraction of sp³-hybridized carbons (Fsp3) is 0.417. The van der Waals surface area contributed by atoms with E-state index in [-0.39, 0.29) is 24.2 Å². The van der Waals surface area contributed by atoms with Crippen LogP contribution in [-0.4, -0.2) is 62.5 Å². The Hall–Kier alpha value is -2.73. The van der Waals surface area contributed by atoms with Crippen LogP contribution in [0, 0.1) is 11.2 Å². The second kappa shape index (κ2) is 9.39. The van der Waals surface area contributed by atoms with Crippen molar-refractivity contribution >= 4 is 11.8 Å². The maximum Gasteiger partial charge on any atom is 0.248 e. The molecular formula is C24H29FN2O3. The van der Waals surface area contributed by atoms with E-state index in [2.05, 4.69) is 0 Å². The maximum atomic E-state index is 14.1. The molecular weight excluding hydrogens is 383 g/mol. The third kappa shape index (κ3) is 4.70. The number of amides is 2. The number of nitrogens with zero attached hydrogens (tertiary/aromatic N) is 2. The summed E-state index contributed by atoms with van der Waals surface area (Å²) in [7, 11) is 5.00. The number of benzene rings is 2. The van der Waals surface area contributed by atoms with Crippen LogP contribution < -0.4 is 0 Å². The van der Waals surface area contributed by atoms with Crippen LogP contribution in [0.25, 0.3) is 11.1 Å². The molecule has 3 rings (SSSR count). The van der Waals surface area contributed by atoms with Crippen molar-refractivity contribution in [1.82, 2.24) is 9.80 Å². The van der Waals surface area contributed by atoms with Crippen LogP contribution in [0.2, 0.25) is 0 Å². The summed E-state index contributed by atoms with van der Waals surface area (Å²) in [6.45, 7) is 1.03. The van der Waals surface area contributed by atoms with Gasteiger partial charge in [-0.15, -0.1) is 0 Å². The summed E-state index contributed by atoms with van der Waals surface area (Å²) < 4.78 is 19.1. The highest BCUT2D eigenvalue weighted by atomic mass is 19.1. The monoisotopic (exact) mass is 412 g/mol. The molecule has 1 aliphatic rings. The maximum absolute atomic E-state index is 14.1. The second-order valence-corrected chi connectivity index (χ2v) is 8.19. The lowest BCUT2D eigenvalue weighted by molar-refractivity contribution is -0.148. The predicted molar refractivity (Wildman–Crippen MR) is 114 cm³/mol. The van der Waals surface area contributed by atoms with Crippen molar-refractivity contribution in [3.8, 4) is 11.1 Å².